The summed E-state index contributed by atoms with van der Waals surface area (Å²) in [6.45, 7) is 7.75. The van der Waals surface area contributed by atoms with Crippen molar-refractivity contribution < 1.29 is 9.31 Å². The van der Waals surface area contributed by atoms with E-state index in [2.05, 4.69) is 58.7 Å². The van der Waals surface area contributed by atoms with Crippen LogP contribution in [0.25, 0.3) is 0 Å². The SMILES string of the molecule is CC(C)(C)/C=C/B(OCCBr)OCCBr. The van der Waals surface area contributed by atoms with Gasteiger partial charge in [-0.2, -0.15) is 0 Å². The third-order valence-corrected chi connectivity index (χ3v) is 2.12. The van der Waals surface area contributed by atoms with E-state index in [9.17, 15) is 0 Å². The van der Waals surface area contributed by atoms with Crippen LogP contribution in [0.2, 0.25) is 0 Å². The van der Waals surface area contributed by atoms with Crippen LogP contribution >= 0.6 is 31.9 Å². The summed E-state index contributed by atoms with van der Waals surface area (Å²) in [7, 11) is -0.237. The van der Waals surface area contributed by atoms with Crippen LogP contribution in [0.3, 0.4) is 0 Å². The minimum atomic E-state index is -0.237. The quantitative estimate of drug-likeness (QED) is 0.521. The molecule has 0 aliphatic rings. The molecule has 5 heteroatoms. The highest BCUT2D eigenvalue weighted by Crippen LogP contribution is 2.15. The van der Waals surface area contributed by atoms with Crippen molar-refractivity contribution in [2.45, 2.75) is 20.8 Å². The van der Waals surface area contributed by atoms with Crippen LogP contribution in [0.15, 0.2) is 12.1 Å². The summed E-state index contributed by atoms with van der Waals surface area (Å²) in [5.41, 5.74) is 0.160. The van der Waals surface area contributed by atoms with Crippen LogP contribution in [-0.2, 0) is 9.31 Å². The van der Waals surface area contributed by atoms with Gasteiger partial charge < -0.3 is 9.31 Å². The van der Waals surface area contributed by atoms with Gasteiger partial charge in [-0.05, 0) is 5.41 Å². The zero-order chi connectivity index (χ0) is 11.7. The van der Waals surface area contributed by atoms with Crippen LogP contribution in [-0.4, -0.2) is 31.0 Å². The van der Waals surface area contributed by atoms with Gasteiger partial charge in [-0.1, -0.05) is 64.7 Å². The van der Waals surface area contributed by atoms with Crippen molar-refractivity contribution in [1.82, 2.24) is 0 Å². The maximum Gasteiger partial charge on any atom is 0.485 e. The van der Waals surface area contributed by atoms with Crippen molar-refractivity contribution in [3.8, 4) is 0 Å². The lowest BCUT2D eigenvalue weighted by Crippen LogP contribution is -2.23. The van der Waals surface area contributed by atoms with Gasteiger partial charge in [0.1, 0.15) is 0 Å². The fourth-order valence-corrected chi connectivity index (χ4v) is 1.22. The number of allylic oxidation sites excluding steroid dienone is 1. The molecular formula is C10H19BBr2O2. The number of halogens is 2. The Labute approximate surface area is 110 Å². The van der Waals surface area contributed by atoms with E-state index in [0.717, 1.165) is 10.7 Å². The highest BCUT2D eigenvalue weighted by molar-refractivity contribution is 9.09. The molecule has 0 rings (SSSR count). The Morgan fingerprint density at radius 2 is 1.53 bits per heavy atom. The Kier molecular flexibility index (Phi) is 9.19. The van der Waals surface area contributed by atoms with Crippen molar-refractivity contribution in [3.63, 3.8) is 0 Å². The molecule has 0 amide bonds. The summed E-state index contributed by atoms with van der Waals surface area (Å²) >= 11 is 6.65. The summed E-state index contributed by atoms with van der Waals surface area (Å²) in [5, 5.41) is 1.65. The summed E-state index contributed by atoms with van der Waals surface area (Å²) in [6, 6.07) is 0. The van der Waals surface area contributed by atoms with Gasteiger partial charge in [0, 0.05) is 23.9 Å². The normalized spacial score (nSPS) is 12.3. The maximum atomic E-state index is 5.51. The molecule has 0 aromatic carbocycles. The smallest absolute Gasteiger partial charge is 0.407 e. The summed E-state index contributed by atoms with van der Waals surface area (Å²) in [4.78, 5) is 0. The third-order valence-electron chi connectivity index (χ3n) is 1.47. The monoisotopic (exact) mass is 340 g/mol. The van der Waals surface area contributed by atoms with E-state index in [1.54, 1.807) is 0 Å². The Morgan fingerprint density at radius 1 is 1.07 bits per heavy atom. The predicted molar refractivity (Wildman–Crippen MR) is 73.8 cm³/mol. The summed E-state index contributed by atoms with van der Waals surface area (Å²) < 4.78 is 11.0. The van der Waals surface area contributed by atoms with Crippen molar-refractivity contribution in [1.29, 1.82) is 0 Å². The molecule has 0 N–H and O–H groups in total. The van der Waals surface area contributed by atoms with Gasteiger partial charge in [-0.3, -0.25) is 0 Å². The van der Waals surface area contributed by atoms with Gasteiger partial charge in [0.2, 0.25) is 0 Å². The van der Waals surface area contributed by atoms with Crippen LogP contribution in [0.1, 0.15) is 20.8 Å². The molecule has 2 nitrogen and oxygen atoms in total. The number of hydrogen-bond acceptors (Lipinski definition) is 2. The molecule has 0 bridgehead atoms. The fourth-order valence-electron chi connectivity index (χ4n) is 0.848. The first-order chi connectivity index (χ1) is 6.99. The highest BCUT2D eigenvalue weighted by atomic mass is 79.9. The van der Waals surface area contributed by atoms with E-state index >= 15 is 0 Å². The lowest BCUT2D eigenvalue weighted by atomic mass is 9.84. The summed E-state index contributed by atoms with van der Waals surface area (Å²) in [6.07, 6.45) is 2.11. The molecular weight excluding hydrogens is 323 g/mol. The lowest BCUT2D eigenvalue weighted by molar-refractivity contribution is 0.228. The van der Waals surface area contributed by atoms with Crippen molar-refractivity contribution in [2.75, 3.05) is 23.9 Å². The molecule has 0 aliphatic heterocycles. The Bertz CT molecular complexity index is 173. The van der Waals surface area contributed by atoms with Crippen molar-refractivity contribution in [2.24, 2.45) is 5.41 Å². The number of hydrogen-bond donors (Lipinski definition) is 0. The molecule has 0 saturated heterocycles. The third kappa shape index (κ3) is 11.0. The molecule has 15 heavy (non-hydrogen) atoms. The zero-order valence-corrected chi connectivity index (χ0v) is 12.8. The van der Waals surface area contributed by atoms with Crippen LogP contribution in [0.4, 0.5) is 0 Å². The average molecular weight is 342 g/mol. The van der Waals surface area contributed by atoms with Gasteiger partial charge in [0.05, 0.1) is 0 Å². The van der Waals surface area contributed by atoms with Gasteiger partial charge in [0.25, 0.3) is 0 Å². The van der Waals surface area contributed by atoms with Crippen LogP contribution in [0, 0.1) is 5.41 Å². The van der Waals surface area contributed by atoms with Crippen molar-refractivity contribution in [3.05, 3.63) is 12.1 Å². The molecule has 0 fully saturated rings. The topological polar surface area (TPSA) is 18.5 Å². The second kappa shape index (κ2) is 8.79. The molecule has 0 saturated carbocycles. The first kappa shape index (κ1) is 15.7. The number of alkyl halides is 2. The molecule has 0 spiro atoms. The van der Waals surface area contributed by atoms with E-state index in [1.807, 2.05) is 5.98 Å². The molecule has 0 aromatic rings. The van der Waals surface area contributed by atoms with E-state index in [1.165, 1.54) is 0 Å². The minimum Gasteiger partial charge on any atom is -0.407 e. The van der Waals surface area contributed by atoms with Gasteiger partial charge in [-0.15, -0.1) is 0 Å². The second-order valence-corrected chi connectivity index (χ2v) is 5.80. The standard InChI is InChI=1S/C10H19BBr2O2/c1-10(2,3)4-5-11(14-8-6-12)15-9-7-13/h4-5H,6-9H2,1-3H3/b5-4+. The van der Waals surface area contributed by atoms with Crippen LogP contribution in [0.5, 0.6) is 0 Å². The Balaban J connectivity index is 4.04. The van der Waals surface area contributed by atoms with Gasteiger partial charge in [-0.25, -0.2) is 0 Å². The molecule has 0 heterocycles. The van der Waals surface area contributed by atoms with Gasteiger partial charge >= 0.3 is 7.12 Å². The number of rotatable bonds is 7. The second-order valence-electron chi connectivity index (χ2n) is 4.21. The van der Waals surface area contributed by atoms with E-state index in [-0.39, 0.29) is 12.5 Å². The van der Waals surface area contributed by atoms with E-state index in [0.29, 0.717) is 13.2 Å². The fraction of sp³-hybridized carbons (Fsp3) is 0.800. The Morgan fingerprint density at radius 3 is 1.87 bits per heavy atom. The van der Waals surface area contributed by atoms with E-state index < -0.39 is 0 Å². The van der Waals surface area contributed by atoms with Crippen LogP contribution < -0.4 is 0 Å². The van der Waals surface area contributed by atoms with Crippen molar-refractivity contribution >= 4 is 39.0 Å². The molecule has 0 atom stereocenters. The highest BCUT2D eigenvalue weighted by Gasteiger charge is 2.15. The first-order valence-corrected chi connectivity index (χ1v) is 7.28. The zero-order valence-electron chi connectivity index (χ0n) is 9.63. The Hall–Kier alpha value is 0.685. The molecule has 88 valence electrons. The van der Waals surface area contributed by atoms with E-state index in [4.69, 9.17) is 9.31 Å². The lowest BCUT2D eigenvalue weighted by Gasteiger charge is -2.14. The summed E-state index contributed by atoms with van der Waals surface area (Å²) in [5.74, 6) is 1.98. The maximum absolute atomic E-state index is 5.51. The molecule has 0 aliphatic carbocycles. The molecule has 0 aromatic heterocycles. The van der Waals surface area contributed by atoms with Gasteiger partial charge in [0.15, 0.2) is 0 Å². The predicted octanol–water partition coefficient (Wildman–Crippen LogP) is 3.44. The minimum absolute atomic E-state index is 0.160. The molecule has 0 radical (unpaired) electrons. The first-order valence-electron chi connectivity index (χ1n) is 5.04. The average Bonchev–Trinajstić information content (AvgIpc) is 2.15. The largest absolute Gasteiger partial charge is 0.485 e. The molecule has 0 unspecified atom stereocenters.